The molecule has 0 spiro atoms. The zero-order valence-electron chi connectivity index (χ0n) is 17.0. The lowest BCUT2D eigenvalue weighted by molar-refractivity contribution is -0.115. The highest BCUT2D eigenvalue weighted by Crippen LogP contribution is 2.34. The van der Waals surface area contributed by atoms with Crippen LogP contribution >= 0.6 is 0 Å². The van der Waals surface area contributed by atoms with Gasteiger partial charge in [-0.3, -0.25) is 9.59 Å². The predicted molar refractivity (Wildman–Crippen MR) is 110 cm³/mol. The third-order valence-corrected chi connectivity index (χ3v) is 4.25. The molecule has 0 saturated carbocycles. The molecule has 2 aromatic rings. The van der Waals surface area contributed by atoms with Gasteiger partial charge < -0.3 is 25.0 Å². The van der Waals surface area contributed by atoms with Gasteiger partial charge in [0.25, 0.3) is 5.91 Å². The summed E-state index contributed by atoms with van der Waals surface area (Å²) in [7, 11) is 6.30. The van der Waals surface area contributed by atoms with Crippen LogP contribution in [0.15, 0.2) is 36.4 Å². The van der Waals surface area contributed by atoms with E-state index in [4.69, 9.17) is 9.47 Å². The summed E-state index contributed by atoms with van der Waals surface area (Å²) in [6, 6.07) is 11.1. The highest BCUT2D eigenvalue weighted by atomic mass is 16.5. The van der Waals surface area contributed by atoms with Crippen LogP contribution in [0.25, 0.3) is 0 Å². The fourth-order valence-corrected chi connectivity index (χ4v) is 2.69. The maximum atomic E-state index is 12.5. The molecule has 0 aliphatic rings. The maximum Gasteiger partial charge on any atom is 0.255 e. The van der Waals surface area contributed by atoms with E-state index < -0.39 is 0 Å². The minimum atomic E-state index is -0.241. The van der Waals surface area contributed by atoms with Crippen LogP contribution in [-0.4, -0.2) is 51.6 Å². The summed E-state index contributed by atoms with van der Waals surface area (Å²) in [6.07, 6.45) is 0.248. The summed E-state index contributed by atoms with van der Waals surface area (Å²) in [5.74, 6) is 0.411. The molecule has 0 aliphatic carbocycles. The lowest BCUT2D eigenvalue weighted by atomic mass is 10.1. The summed E-state index contributed by atoms with van der Waals surface area (Å²) in [5, 5.41) is 6.06. The van der Waals surface area contributed by atoms with E-state index in [2.05, 4.69) is 10.6 Å². The fourth-order valence-electron chi connectivity index (χ4n) is 2.69. The SMILES string of the molecule is COc1cc(NC(=O)CCNc2ccccc2C)c(C(=O)N(C)C)cc1OC. The second kappa shape index (κ2) is 9.64. The molecule has 7 heteroatoms. The van der Waals surface area contributed by atoms with Crippen LogP contribution in [0, 0.1) is 6.92 Å². The lowest BCUT2D eigenvalue weighted by Crippen LogP contribution is -2.24. The molecule has 0 unspecified atom stereocenters. The number of amides is 2. The first kappa shape index (κ1) is 21.1. The molecule has 0 atom stereocenters. The third-order valence-electron chi connectivity index (χ3n) is 4.25. The van der Waals surface area contributed by atoms with Crippen molar-refractivity contribution in [1.82, 2.24) is 4.90 Å². The lowest BCUT2D eigenvalue weighted by Gasteiger charge is -2.18. The van der Waals surface area contributed by atoms with Crippen LogP contribution in [0.3, 0.4) is 0 Å². The molecule has 0 saturated heterocycles. The number of ether oxygens (including phenoxy) is 2. The number of carbonyl (C=O) groups is 2. The third kappa shape index (κ3) is 5.16. The number of hydrogen-bond donors (Lipinski definition) is 2. The van der Waals surface area contributed by atoms with Crippen molar-refractivity contribution in [2.24, 2.45) is 0 Å². The number of para-hydroxylation sites is 1. The van der Waals surface area contributed by atoms with Gasteiger partial charge in [-0.15, -0.1) is 0 Å². The monoisotopic (exact) mass is 385 g/mol. The van der Waals surface area contributed by atoms with Crippen molar-refractivity contribution in [3.8, 4) is 11.5 Å². The maximum absolute atomic E-state index is 12.5. The van der Waals surface area contributed by atoms with Gasteiger partial charge in [0.05, 0.1) is 25.5 Å². The van der Waals surface area contributed by atoms with Crippen molar-refractivity contribution in [3.63, 3.8) is 0 Å². The number of nitrogens with one attached hydrogen (secondary N) is 2. The van der Waals surface area contributed by atoms with Gasteiger partial charge >= 0.3 is 0 Å². The number of nitrogens with zero attached hydrogens (tertiary/aromatic N) is 1. The van der Waals surface area contributed by atoms with Crippen molar-refractivity contribution in [3.05, 3.63) is 47.5 Å². The summed E-state index contributed by atoms with van der Waals surface area (Å²) in [5.41, 5.74) is 2.83. The van der Waals surface area contributed by atoms with Gasteiger partial charge in [-0.1, -0.05) is 18.2 Å². The highest BCUT2D eigenvalue weighted by Gasteiger charge is 2.19. The Balaban J connectivity index is 2.13. The van der Waals surface area contributed by atoms with Crippen LogP contribution < -0.4 is 20.1 Å². The second-order valence-electron chi connectivity index (χ2n) is 6.49. The molecule has 28 heavy (non-hydrogen) atoms. The Labute approximate surface area is 165 Å². The van der Waals surface area contributed by atoms with E-state index in [1.165, 1.54) is 19.1 Å². The second-order valence-corrected chi connectivity index (χ2v) is 6.49. The molecular weight excluding hydrogens is 358 g/mol. The van der Waals surface area contributed by atoms with E-state index in [-0.39, 0.29) is 18.2 Å². The molecule has 0 aliphatic heterocycles. The van der Waals surface area contributed by atoms with Gasteiger partial charge in [0, 0.05) is 38.8 Å². The average Bonchev–Trinajstić information content (AvgIpc) is 2.68. The summed E-state index contributed by atoms with van der Waals surface area (Å²) in [6.45, 7) is 2.48. The smallest absolute Gasteiger partial charge is 0.255 e. The molecule has 2 rings (SSSR count). The first-order valence-electron chi connectivity index (χ1n) is 8.94. The largest absolute Gasteiger partial charge is 0.493 e. The van der Waals surface area contributed by atoms with E-state index in [1.54, 1.807) is 26.2 Å². The molecule has 2 amide bonds. The number of benzene rings is 2. The van der Waals surface area contributed by atoms with Crippen molar-refractivity contribution < 1.29 is 19.1 Å². The fraction of sp³-hybridized carbons (Fsp3) is 0.333. The quantitative estimate of drug-likeness (QED) is 0.730. The number of methoxy groups -OCH3 is 2. The van der Waals surface area contributed by atoms with Crippen LogP contribution in [0.2, 0.25) is 0 Å². The summed E-state index contributed by atoms with van der Waals surface area (Å²) in [4.78, 5) is 26.4. The minimum Gasteiger partial charge on any atom is -0.493 e. The zero-order chi connectivity index (χ0) is 20.7. The van der Waals surface area contributed by atoms with E-state index in [0.717, 1.165) is 11.3 Å². The van der Waals surface area contributed by atoms with Crippen molar-refractivity contribution >= 4 is 23.2 Å². The van der Waals surface area contributed by atoms with E-state index >= 15 is 0 Å². The van der Waals surface area contributed by atoms with Gasteiger partial charge in [0.1, 0.15) is 0 Å². The first-order chi connectivity index (χ1) is 13.4. The minimum absolute atomic E-state index is 0.207. The Morgan fingerprint density at radius 1 is 1.00 bits per heavy atom. The van der Waals surface area contributed by atoms with E-state index in [1.807, 2.05) is 31.2 Å². The van der Waals surface area contributed by atoms with Crippen LogP contribution in [-0.2, 0) is 4.79 Å². The Morgan fingerprint density at radius 3 is 2.25 bits per heavy atom. The van der Waals surface area contributed by atoms with Gasteiger partial charge in [0.2, 0.25) is 5.91 Å². The Bertz CT molecular complexity index is 850. The predicted octanol–water partition coefficient (Wildman–Crippen LogP) is 3.15. The van der Waals surface area contributed by atoms with Gasteiger partial charge in [-0.2, -0.15) is 0 Å². The standard InChI is InChI=1S/C21H27N3O4/c1-14-8-6-7-9-16(14)22-11-10-20(25)23-17-13-19(28-5)18(27-4)12-15(17)21(26)24(2)3/h6-9,12-13,22H,10-11H2,1-5H3,(H,23,25). The molecule has 2 N–H and O–H groups in total. The topological polar surface area (TPSA) is 79.9 Å². The molecule has 2 aromatic carbocycles. The van der Waals surface area contributed by atoms with Gasteiger partial charge in [-0.25, -0.2) is 0 Å². The van der Waals surface area contributed by atoms with E-state index in [0.29, 0.717) is 29.3 Å². The van der Waals surface area contributed by atoms with Crippen LogP contribution in [0.5, 0.6) is 11.5 Å². The Morgan fingerprint density at radius 2 is 1.64 bits per heavy atom. The van der Waals surface area contributed by atoms with Crippen molar-refractivity contribution in [2.45, 2.75) is 13.3 Å². The van der Waals surface area contributed by atoms with Crippen LogP contribution in [0.1, 0.15) is 22.3 Å². The number of carbonyl (C=O) groups excluding carboxylic acids is 2. The zero-order valence-corrected chi connectivity index (χ0v) is 17.0. The van der Waals surface area contributed by atoms with Crippen molar-refractivity contribution in [1.29, 1.82) is 0 Å². The molecule has 0 aromatic heterocycles. The number of rotatable bonds is 8. The number of anilines is 2. The molecule has 0 bridgehead atoms. The van der Waals surface area contributed by atoms with Gasteiger partial charge in [-0.05, 0) is 24.6 Å². The number of hydrogen-bond acceptors (Lipinski definition) is 5. The Kier molecular flexibility index (Phi) is 7.26. The summed E-state index contributed by atoms with van der Waals surface area (Å²) >= 11 is 0. The molecule has 0 heterocycles. The molecule has 0 fully saturated rings. The number of aryl methyl sites for hydroxylation is 1. The molecule has 150 valence electrons. The molecule has 0 radical (unpaired) electrons. The summed E-state index contributed by atoms with van der Waals surface area (Å²) < 4.78 is 10.6. The molecule has 7 nitrogen and oxygen atoms in total. The molecular formula is C21H27N3O4. The highest BCUT2D eigenvalue weighted by molar-refractivity contribution is 6.04. The van der Waals surface area contributed by atoms with Gasteiger partial charge in [0.15, 0.2) is 11.5 Å². The van der Waals surface area contributed by atoms with Crippen LogP contribution in [0.4, 0.5) is 11.4 Å². The average molecular weight is 385 g/mol. The Hall–Kier alpha value is -3.22. The normalized spacial score (nSPS) is 10.2. The van der Waals surface area contributed by atoms with Crippen molar-refractivity contribution in [2.75, 3.05) is 45.5 Å². The van der Waals surface area contributed by atoms with E-state index in [9.17, 15) is 9.59 Å². The first-order valence-corrected chi connectivity index (χ1v) is 8.94.